The molecule has 0 radical (unpaired) electrons. The van der Waals surface area contributed by atoms with E-state index in [2.05, 4.69) is 20.9 Å². The number of rotatable bonds is 4. The largest absolute Gasteiger partial charge is 0.332 e. The summed E-state index contributed by atoms with van der Waals surface area (Å²) in [5.41, 5.74) is -0.405. The first-order valence-corrected chi connectivity index (χ1v) is 7.07. The van der Waals surface area contributed by atoms with Gasteiger partial charge in [0.2, 0.25) is 0 Å². The monoisotopic (exact) mass is 342 g/mol. The van der Waals surface area contributed by atoms with E-state index in [9.17, 15) is 14.4 Å². The minimum absolute atomic E-state index is 0.201. The molecule has 0 aliphatic rings. The van der Waals surface area contributed by atoms with E-state index in [-0.39, 0.29) is 17.2 Å². The lowest BCUT2D eigenvalue weighted by Crippen LogP contribution is -2.42. The number of hydrogen-bond donors (Lipinski definition) is 0. The Balaban J connectivity index is 2.65. The van der Waals surface area contributed by atoms with Crippen LogP contribution in [0, 0.1) is 0 Å². The molecule has 108 valence electrons. The number of ketones is 1. The van der Waals surface area contributed by atoms with Crippen LogP contribution in [0.4, 0.5) is 0 Å². The van der Waals surface area contributed by atoms with Crippen molar-refractivity contribution in [1.82, 2.24) is 18.7 Å². The average molecular weight is 343 g/mol. The molecular weight excluding hydrogens is 328 g/mol. The maximum absolute atomic E-state index is 12.4. The molecule has 0 spiro atoms. The van der Waals surface area contributed by atoms with Crippen LogP contribution in [0.25, 0.3) is 11.2 Å². The third-order valence-electron chi connectivity index (χ3n) is 3.22. The van der Waals surface area contributed by atoms with Crippen molar-refractivity contribution in [2.45, 2.75) is 24.7 Å². The Morgan fingerprint density at radius 1 is 1.40 bits per heavy atom. The van der Waals surface area contributed by atoms with Gasteiger partial charge in [0.25, 0.3) is 5.56 Å². The molecule has 0 amide bonds. The van der Waals surface area contributed by atoms with Crippen LogP contribution in [0.15, 0.2) is 15.9 Å². The van der Waals surface area contributed by atoms with Crippen LogP contribution in [0.1, 0.15) is 13.3 Å². The predicted molar refractivity (Wildman–Crippen MR) is 78.2 cm³/mol. The van der Waals surface area contributed by atoms with Gasteiger partial charge in [-0.1, -0.05) is 22.9 Å². The number of nitrogens with zero attached hydrogens (tertiary/aromatic N) is 4. The average Bonchev–Trinajstić information content (AvgIpc) is 2.82. The molecule has 20 heavy (non-hydrogen) atoms. The van der Waals surface area contributed by atoms with Crippen molar-refractivity contribution < 1.29 is 4.79 Å². The van der Waals surface area contributed by atoms with E-state index in [1.807, 2.05) is 6.92 Å². The van der Waals surface area contributed by atoms with Crippen molar-refractivity contribution in [3.63, 3.8) is 0 Å². The Hall–Kier alpha value is -1.70. The maximum Gasteiger partial charge on any atom is 0.332 e. The van der Waals surface area contributed by atoms with Gasteiger partial charge >= 0.3 is 5.69 Å². The van der Waals surface area contributed by atoms with E-state index >= 15 is 0 Å². The fourth-order valence-corrected chi connectivity index (χ4v) is 2.16. The zero-order valence-electron chi connectivity index (χ0n) is 11.5. The zero-order chi connectivity index (χ0) is 15.0. The molecule has 2 rings (SSSR count). The van der Waals surface area contributed by atoms with Gasteiger partial charge in [-0.3, -0.25) is 18.7 Å². The van der Waals surface area contributed by atoms with E-state index in [1.165, 1.54) is 17.9 Å². The number of carbonyl (C=O) groups excluding carboxylic acids is 1. The number of hydrogen-bond acceptors (Lipinski definition) is 4. The zero-order valence-corrected chi connectivity index (χ0v) is 13.0. The van der Waals surface area contributed by atoms with Crippen molar-refractivity contribution in [2.75, 3.05) is 0 Å². The lowest BCUT2D eigenvalue weighted by Gasteiger charge is -2.10. The Labute approximate surface area is 123 Å². The van der Waals surface area contributed by atoms with Gasteiger partial charge < -0.3 is 4.57 Å². The van der Waals surface area contributed by atoms with Crippen LogP contribution >= 0.6 is 15.9 Å². The lowest BCUT2D eigenvalue weighted by atomic mass is 10.2. The minimum atomic E-state index is -0.537. The molecule has 1 unspecified atom stereocenters. The van der Waals surface area contributed by atoms with Gasteiger partial charge in [-0.25, -0.2) is 9.78 Å². The van der Waals surface area contributed by atoms with Gasteiger partial charge in [-0.2, -0.15) is 0 Å². The molecule has 8 heteroatoms. The van der Waals surface area contributed by atoms with Gasteiger partial charge in [0.1, 0.15) is 0 Å². The number of Topliss-reactive ketones (excluding diaryl/α,β-unsaturated/α-hetero) is 1. The Morgan fingerprint density at radius 2 is 2.05 bits per heavy atom. The fraction of sp³-hybridized carbons (Fsp3) is 0.500. The maximum atomic E-state index is 12.4. The minimum Gasteiger partial charge on any atom is -0.328 e. The molecule has 2 heterocycles. The number of halogens is 1. The van der Waals surface area contributed by atoms with Crippen LogP contribution < -0.4 is 11.2 Å². The number of aromatic nitrogens is 4. The third kappa shape index (κ3) is 2.24. The molecule has 0 saturated carbocycles. The summed E-state index contributed by atoms with van der Waals surface area (Å²) in [5, 5.41) is 0. The summed E-state index contributed by atoms with van der Waals surface area (Å²) >= 11 is 3.23. The van der Waals surface area contributed by atoms with Crippen LogP contribution in [-0.4, -0.2) is 29.3 Å². The molecular formula is C12H15BrN4O3. The summed E-state index contributed by atoms with van der Waals surface area (Å²) < 4.78 is 3.78. The summed E-state index contributed by atoms with van der Waals surface area (Å²) in [7, 11) is 3.20. The van der Waals surface area contributed by atoms with Crippen molar-refractivity contribution in [3.8, 4) is 0 Å². The highest BCUT2D eigenvalue weighted by Crippen LogP contribution is 2.07. The molecule has 0 aromatic carbocycles. The molecule has 1 atom stereocenters. The molecule has 7 nitrogen and oxygen atoms in total. The first-order valence-electron chi connectivity index (χ1n) is 6.16. The van der Waals surface area contributed by atoms with Crippen molar-refractivity contribution in [3.05, 3.63) is 27.2 Å². The topological polar surface area (TPSA) is 78.9 Å². The van der Waals surface area contributed by atoms with Crippen molar-refractivity contribution in [2.24, 2.45) is 14.1 Å². The van der Waals surface area contributed by atoms with Gasteiger partial charge in [0.15, 0.2) is 16.9 Å². The molecule has 0 bridgehead atoms. The highest BCUT2D eigenvalue weighted by atomic mass is 79.9. The Bertz CT molecular complexity index is 786. The van der Waals surface area contributed by atoms with Gasteiger partial charge in [-0.15, -0.1) is 0 Å². The smallest absolute Gasteiger partial charge is 0.328 e. The number of alkyl halides is 1. The highest BCUT2D eigenvalue weighted by molar-refractivity contribution is 9.10. The van der Waals surface area contributed by atoms with E-state index in [1.54, 1.807) is 11.6 Å². The SMILES string of the molecule is CCC(Br)C(=O)Cn1c(=O)c2c(ncn2C)n(C)c1=O. The Morgan fingerprint density at radius 3 is 2.65 bits per heavy atom. The number of imidazole rings is 1. The molecule has 0 aliphatic heterocycles. The van der Waals surface area contributed by atoms with Crippen molar-refractivity contribution >= 4 is 32.9 Å². The fourth-order valence-electron chi connectivity index (χ4n) is 2.02. The summed E-state index contributed by atoms with van der Waals surface area (Å²) in [6, 6.07) is 0. The number of aryl methyl sites for hydroxylation is 2. The Kier molecular flexibility index (Phi) is 3.94. The van der Waals surface area contributed by atoms with Gasteiger partial charge in [0.05, 0.1) is 17.7 Å². The summed E-state index contributed by atoms with van der Waals surface area (Å²) in [6.45, 7) is 1.61. The van der Waals surface area contributed by atoms with E-state index in [0.29, 0.717) is 17.6 Å². The second-order valence-corrected chi connectivity index (χ2v) is 5.71. The first kappa shape index (κ1) is 14.7. The second kappa shape index (κ2) is 5.35. The highest BCUT2D eigenvalue weighted by Gasteiger charge is 2.19. The summed E-state index contributed by atoms with van der Waals surface area (Å²) in [4.78, 5) is 40.1. The van der Waals surface area contributed by atoms with Crippen LogP contribution in [-0.2, 0) is 25.4 Å². The molecule has 0 N–H and O–H groups in total. The molecule has 2 aromatic rings. The third-order valence-corrected chi connectivity index (χ3v) is 4.38. The number of carbonyl (C=O) groups is 1. The molecule has 0 fully saturated rings. The van der Waals surface area contributed by atoms with Crippen LogP contribution in [0.5, 0.6) is 0 Å². The summed E-state index contributed by atoms with van der Waals surface area (Å²) in [5.74, 6) is -0.201. The molecule has 0 saturated heterocycles. The van der Waals surface area contributed by atoms with Gasteiger partial charge in [-0.05, 0) is 6.42 Å². The standard InChI is InChI=1S/C12H15BrN4O3/c1-4-7(13)8(18)5-17-11(19)9-10(14-6-15(9)2)16(3)12(17)20/h6-7H,4-5H2,1-3H3. The van der Waals surface area contributed by atoms with Crippen LogP contribution in [0.3, 0.4) is 0 Å². The molecule has 2 aromatic heterocycles. The van der Waals surface area contributed by atoms with E-state index in [4.69, 9.17) is 0 Å². The van der Waals surface area contributed by atoms with E-state index < -0.39 is 11.2 Å². The normalized spacial score (nSPS) is 12.8. The van der Waals surface area contributed by atoms with Crippen molar-refractivity contribution in [1.29, 1.82) is 0 Å². The molecule has 0 aliphatic carbocycles. The quantitative estimate of drug-likeness (QED) is 0.742. The predicted octanol–water partition coefficient (Wildman–Crippen LogP) is 0.176. The lowest BCUT2D eigenvalue weighted by molar-refractivity contribution is -0.119. The number of fused-ring (bicyclic) bond motifs is 1. The van der Waals surface area contributed by atoms with E-state index in [0.717, 1.165) is 4.57 Å². The summed E-state index contributed by atoms with van der Waals surface area (Å²) in [6.07, 6.45) is 2.07. The first-order chi connectivity index (χ1) is 9.38. The second-order valence-electron chi connectivity index (χ2n) is 4.60. The van der Waals surface area contributed by atoms with Crippen LogP contribution in [0.2, 0.25) is 0 Å². The van der Waals surface area contributed by atoms with Gasteiger partial charge in [0, 0.05) is 14.1 Å².